The van der Waals surface area contributed by atoms with Gasteiger partial charge in [0.1, 0.15) is 12.4 Å². The maximum absolute atomic E-state index is 14.1. The number of amides is 2. The van der Waals surface area contributed by atoms with Gasteiger partial charge >= 0.3 is 0 Å². The second-order valence-electron chi connectivity index (χ2n) is 9.22. The van der Waals surface area contributed by atoms with Crippen LogP contribution < -0.4 is 0 Å². The zero-order chi connectivity index (χ0) is 22.7. The molecule has 2 aliphatic heterocycles. The molecule has 0 saturated carbocycles. The first-order valence-electron chi connectivity index (χ1n) is 11.7. The minimum atomic E-state index is -0.316. The van der Waals surface area contributed by atoms with Gasteiger partial charge in [-0.05, 0) is 69.6 Å². The first-order chi connectivity index (χ1) is 15.4. The van der Waals surface area contributed by atoms with Gasteiger partial charge in [0.15, 0.2) is 0 Å². The van der Waals surface area contributed by atoms with Gasteiger partial charge in [-0.2, -0.15) is 5.10 Å². The summed E-state index contributed by atoms with van der Waals surface area (Å²) in [6, 6.07) is 8.70. The molecule has 0 bridgehead atoms. The van der Waals surface area contributed by atoms with Crippen molar-refractivity contribution in [2.24, 2.45) is 5.92 Å². The summed E-state index contributed by atoms with van der Waals surface area (Å²) in [5.41, 5.74) is 2.38. The molecule has 4 rings (SSSR count). The van der Waals surface area contributed by atoms with E-state index in [9.17, 15) is 14.0 Å². The van der Waals surface area contributed by atoms with Crippen LogP contribution in [0.4, 0.5) is 4.39 Å². The van der Waals surface area contributed by atoms with E-state index < -0.39 is 0 Å². The Morgan fingerprint density at radius 3 is 2.47 bits per heavy atom. The van der Waals surface area contributed by atoms with E-state index in [4.69, 9.17) is 0 Å². The summed E-state index contributed by atoms with van der Waals surface area (Å²) >= 11 is 0. The van der Waals surface area contributed by atoms with E-state index in [0.29, 0.717) is 24.6 Å². The molecule has 0 spiro atoms. The maximum atomic E-state index is 14.1. The Bertz CT molecular complexity index is 965. The minimum Gasteiger partial charge on any atom is -0.341 e. The molecule has 1 atom stereocenters. The average molecular weight is 441 g/mol. The summed E-state index contributed by atoms with van der Waals surface area (Å²) < 4.78 is 15.8. The van der Waals surface area contributed by atoms with Gasteiger partial charge in [-0.3, -0.25) is 14.3 Å². The van der Waals surface area contributed by atoms with Crippen molar-refractivity contribution in [2.75, 3.05) is 19.6 Å². The number of hydrogen-bond donors (Lipinski definition) is 0. The number of aromatic nitrogens is 2. The maximum Gasteiger partial charge on any atom is 0.244 e. The van der Waals surface area contributed by atoms with Crippen molar-refractivity contribution in [2.45, 2.75) is 65.0 Å². The number of hydrogen-bond acceptors (Lipinski definition) is 3. The average Bonchev–Trinajstić information content (AvgIpc) is 3.11. The highest BCUT2D eigenvalue weighted by Crippen LogP contribution is 2.31. The van der Waals surface area contributed by atoms with E-state index in [1.165, 1.54) is 6.07 Å². The van der Waals surface area contributed by atoms with Gasteiger partial charge < -0.3 is 9.80 Å². The SMILES string of the molecule is Cc1cc(C)n(CC(=O)N2CCC(C3CCCCN3C(=O)Cc3ccccc3F)CC2)n1. The third-order valence-electron chi connectivity index (χ3n) is 6.99. The van der Waals surface area contributed by atoms with Crippen molar-refractivity contribution in [1.29, 1.82) is 0 Å². The Kier molecular flexibility index (Phi) is 6.92. The number of rotatable bonds is 5. The normalized spacial score (nSPS) is 19.9. The summed E-state index contributed by atoms with van der Waals surface area (Å²) in [4.78, 5) is 29.8. The number of carbonyl (C=O) groups excluding carboxylic acids is 2. The number of carbonyl (C=O) groups is 2. The molecule has 1 aromatic heterocycles. The van der Waals surface area contributed by atoms with Crippen molar-refractivity contribution in [3.05, 3.63) is 53.1 Å². The molecule has 1 unspecified atom stereocenters. The van der Waals surface area contributed by atoms with E-state index in [-0.39, 0.29) is 36.6 Å². The summed E-state index contributed by atoms with van der Waals surface area (Å²) in [5.74, 6) is 0.190. The molecule has 2 aliphatic rings. The number of nitrogens with zero attached hydrogens (tertiary/aromatic N) is 4. The van der Waals surface area contributed by atoms with E-state index in [1.54, 1.807) is 22.9 Å². The largest absolute Gasteiger partial charge is 0.341 e. The van der Waals surface area contributed by atoms with Crippen LogP contribution in [0.5, 0.6) is 0 Å². The molecule has 1 aromatic carbocycles. The van der Waals surface area contributed by atoms with Gasteiger partial charge in [-0.25, -0.2) is 4.39 Å². The summed E-state index contributed by atoms with van der Waals surface area (Å²) in [6.07, 6.45) is 5.02. The third kappa shape index (κ3) is 5.03. The smallest absolute Gasteiger partial charge is 0.244 e. The Morgan fingerprint density at radius 2 is 1.78 bits per heavy atom. The van der Waals surface area contributed by atoms with Crippen molar-refractivity contribution < 1.29 is 14.0 Å². The molecule has 7 heteroatoms. The van der Waals surface area contributed by atoms with Gasteiger partial charge in [0.2, 0.25) is 11.8 Å². The topological polar surface area (TPSA) is 58.4 Å². The van der Waals surface area contributed by atoms with Gasteiger partial charge in [0, 0.05) is 31.4 Å². The molecule has 2 fully saturated rings. The second kappa shape index (κ2) is 9.84. The highest BCUT2D eigenvalue weighted by Gasteiger charge is 2.35. The predicted molar refractivity (Wildman–Crippen MR) is 120 cm³/mol. The first-order valence-corrected chi connectivity index (χ1v) is 11.7. The summed E-state index contributed by atoms with van der Waals surface area (Å²) in [7, 11) is 0. The molecule has 3 heterocycles. The number of likely N-dealkylation sites (tertiary alicyclic amines) is 2. The van der Waals surface area contributed by atoms with Crippen molar-refractivity contribution >= 4 is 11.8 Å². The lowest BCUT2D eigenvalue weighted by atomic mass is 9.83. The molecule has 2 aromatic rings. The van der Waals surface area contributed by atoms with Crippen LogP contribution in [0.2, 0.25) is 0 Å². The van der Waals surface area contributed by atoms with Crippen molar-refractivity contribution in [3.63, 3.8) is 0 Å². The molecule has 2 saturated heterocycles. The Labute approximate surface area is 189 Å². The lowest BCUT2D eigenvalue weighted by Gasteiger charge is -2.44. The van der Waals surface area contributed by atoms with Gasteiger partial charge in [-0.15, -0.1) is 0 Å². The number of aryl methyl sites for hydroxylation is 2. The number of piperidine rings is 2. The van der Waals surface area contributed by atoms with Crippen LogP contribution in [0, 0.1) is 25.6 Å². The van der Waals surface area contributed by atoms with Crippen LogP contribution in [0.1, 0.15) is 49.1 Å². The van der Waals surface area contributed by atoms with Crippen LogP contribution >= 0.6 is 0 Å². The molecule has 32 heavy (non-hydrogen) atoms. The molecule has 6 nitrogen and oxygen atoms in total. The molecule has 0 N–H and O–H groups in total. The molecular formula is C25H33FN4O2. The van der Waals surface area contributed by atoms with Crippen molar-refractivity contribution in [1.82, 2.24) is 19.6 Å². The number of halogens is 1. The highest BCUT2D eigenvalue weighted by atomic mass is 19.1. The monoisotopic (exact) mass is 440 g/mol. The zero-order valence-corrected chi connectivity index (χ0v) is 19.1. The van der Waals surface area contributed by atoms with Crippen LogP contribution in [0.25, 0.3) is 0 Å². The molecule has 0 radical (unpaired) electrons. The van der Waals surface area contributed by atoms with E-state index >= 15 is 0 Å². The summed E-state index contributed by atoms with van der Waals surface area (Å²) in [5, 5.41) is 4.40. The fourth-order valence-corrected chi connectivity index (χ4v) is 5.26. The second-order valence-corrected chi connectivity index (χ2v) is 9.22. The van der Waals surface area contributed by atoms with Crippen LogP contribution in [0.3, 0.4) is 0 Å². The predicted octanol–water partition coefficient (Wildman–Crippen LogP) is 3.50. The highest BCUT2D eigenvalue weighted by molar-refractivity contribution is 5.79. The fraction of sp³-hybridized carbons (Fsp3) is 0.560. The van der Waals surface area contributed by atoms with Gasteiger partial charge in [-0.1, -0.05) is 18.2 Å². The standard InChI is InChI=1S/C25H33FN4O2/c1-18-15-19(2)30(27-18)17-25(32)28-13-10-20(11-14-28)23-9-5-6-12-29(23)24(31)16-21-7-3-4-8-22(21)26/h3-4,7-8,15,20,23H,5-6,9-14,16-17H2,1-2H3. The van der Waals surface area contributed by atoms with E-state index in [0.717, 1.165) is 50.0 Å². The zero-order valence-electron chi connectivity index (χ0n) is 19.1. The summed E-state index contributed by atoms with van der Waals surface area (Å²) in [6.45, 7) is 6.36. The fourth-order valence-electron chi connectivity index (χ4n) is 5.26. The van der Waals surface area contributed by atoms with Crippen molar-refractivity contribution in [3.8, 4) is 0 Å². The van der Waals surface area contributed by atoms with Crippen LogP contribution in [-0.2, 0) is 22.6 Å². The van der Waals surface area contributed by atoms with Gasteiger partial charge in [0.05, 0.1) is 12.1 Å². The van der Waals surface area contributed by atoms with E-state index in [1.807, 2.05) is 29.7 Å². The Morgan fingerprint density at radius 1 is 1.03 bits per heavy atom. The lowest BCUT2D eigenvalue weighted by Crippen LogP contribution is -2.51. The van der Waals surface area contributed by atoms with Crippen LogP contribution in [-0.4, -0.2) is 57.1 Å². The third-order valence-corrected chi connectivity index (χ3v) is 6.99. The van der Waals surface area contributed by atoms with E-state index in [2.05, 4.69) is 5.10 Å². The molecule has 2 amide bonds. The number of benzene rings is 1. The van der Waals surface area contributed by atoms with Crippen LogP contribution in [0.15, 0.2) is 30.3 Å². The molecule has 0 aliphatic carbocycles. The molecule has 172 valence electrons. The van der Waals surface area contributed by atoms with Gasteiger partial charge in [0.25, 0.3) is 0 Å². The first kappa shape index (κ1) is 22.5. The quantitative estimate of drug-likeness (QED) is 0.715. The Balaban J connectivity index is 1.35. The minimum absolute atomic E-state index is 0.0165. The molecular weight excluding hydrogens is 407 g/mol. The Hall–Kier alpha value is -2.70. The lowest BCUT2D eigenvalue weighted by molar-refractivity contribution is -0.138.